The molecule has 0 spiro atoms. The van der Waals surface area contributed by atoms with E-state index in [-0.39, 0.29) is 31.5 Å². The lowest BCUT2D eigenvalue weighted by atomic mass is 9.92. The molecule has 0 amide bonds. The molecule has 7 heteroatoms. The predicted octanol–water partition coefficient (Wildman–Crippen LogP) is 1.56. The summed E-state index contributed by atoms with van der Waals surface area (Å²) in [5, 5.41) is 19.0. The maximum Gasteiger partial charge on any atom is 0.320 e. The number of benzene rings is 1. The van der Waals surface area contributed by atoms with Gasteiger partial charge in [-0.2, -0.15) is 0 Å². The average molecular weight is 332 g/mol. The minimum Gasteiger partial charge on any atom is -0.481 e. The lowest BCUT2D eigenvalue weighted by molar-refractivity contribution is -0.144. The van der Waals surface area contributed by atoms with Crippen LogP contribution in [-0.2, 0) is 20.8 Å². The highest BCUT2D eigenvalue weighted by Crippen LogP contribution is 2.22. The number of H-pyrrole nitrogens is 1. The first-order valence-electron chi connectivity index (χ1n) is 7.66. The molecule has 0 saturated carbocycles. The predicted molar refractivity (Wildman–Crippen MR) is 87.6 cm³/mol. The molecular formula is C17H20N2O5. The Hall–Kier alpha value is -2.67. The largest absolute Gasteiger partial charge is 0.481 e. The van der Waals surface area contributed by atoms with Crippen molar-refractivity contribution in [2.45, 2.75) is 31.7 Å². The van der Waals surface area contributed by atoms with Crippen molar-refractivity contribution in [3.8, 4) is 0 Å². The van der Waals surface area contributed by atoms with Gasteiger partial charge in [0.25, 0.3) is 0 Å². The molecule has 5 N–H and O–H groups in total. The molecule has 128 valence electrons. The molecule has 0 saturated heterocycles. The Kier molecular flexibility index (Phi) is 5.70. The Morgan fingerprint density at radius 2 is 1.83 bits per heavy atom. The lowest BCUT2D eigenvalue weighted by Crippen LogP contribution is -2.31. The number of fused-ring (bicyclic) bond motifs is 1. The van der Waals surface area contributed by atoms with Gasteiger partial charge >= 0.3 is 11.9 Å². The van der Waals surface area contributed by atoms with E-state index in [2.05, 4.69) is 4.98 Å². The van der Waals surface area contributed by atoms with E-state index in [0.29, 0.717) is 0 Å². The maximum absolute atomic E-state index is 12.0. The number of aliphatic carboxylic acids is 2. The van der Waals surface area contributed by atoms with Gasteiger partial charge in [-0.25, -0.2) is 0 Å². The van der Waals surface area contributed by atoms with Gasteiger partial charge in [0.15, 0.2) is 0 Å². The average Bonchev–Trinajstić information content (AvgIpc) is 2.95. The van der Waals surface area contributed by atoms with Gasteiger partial charge in [-0.1, -0.05) is 18.2 Å². The molecule has 7 nitrogen and oxygen atoms in total. The van der Waals surface area contributed by atoms with E-state index in [1.54, 1.807) is 6.20 Å². The summed E-state index contributed by atoms with van der Waals surface area (Å²) in [6.45, 7) is 0. The quantitative estimate of drug-likeness (QED) is 0.550. The van der Waals surface area contributed by atoms with E-state index >= 15 is 0 Å². The van der Waals surface area contributed by atoms with Crippen molar-refractivity contribution in [1.29, 1.82) is 0 Å². The van der Waals surface area contributed by atoms with Gasteiger partial charge in [-0.15, -0.1) is 0 Å². The van der Waals surface area contributed by atoms with E-state index in [1.807, 2.05) is 24.3 Å². The van der Waals surface area contributed by atoms with Gasteiger partial charge in [0.2, 0.25) is 0 Å². The summed E-state index contributed by atoms with van der Waals surface area (Å²) >= 11 is 0. The molecule has 0 aliphatic carbocycles. The van der Waals surface area contributed by atoms with Crippen LogP contribution < -0.4 is 5.73 Å². The van der Waals surface area contributed by atoms with Gasteiger partial charge in [0.05, 0.1) is 5.92 Å². The number of nitrogens with two attached hydrogens (primary N) is 1. The van der Waals surface area contributed by atoms with Crippen molar-refractivity contribution >= 4 is 28.6 Å². The molecule has 2 aromatic rings. The van der Waals surface area contributed by atoms with Crippen LogP contribution in [0.4, 0.5) is 0 Å². The number of aromatic nitrogens is 1. The zero-order chi connectivity index (χ0) is 17.7. The highest BCUT2D eigenvalue weighted by atomic mass is 16.4. The van der Waals surface area contributed by atoms with Crippen molar-refractivity contribution in [2.75, 3.05) is 0 Å². The van der Waals surface area contributed by atoms with Crippen LogP contribution in [0.25, 0.3) is 10.9 Å². The minimum atomic E-state index is -1.17. The lowest BCUT2D eigenvalue weighted by Gasteiger charge is -2.12. The summed E-state index contributed by atoms with van der Waals surface area (Å²) in [6, 6.07) is 6.44. The van der Waals surface area contributed by atoms with Crippen LogP contribution in [0.3, 0.4) is 0 Å². The highest BCUT2D eigenvalue weighted by Gasteiger charge is 2.23. The molecule has 0 fully saturated rings. The number of rotatable bonds is 9. The highest BCUT2D eigenvalue weighted by molar-refractivity contribution is 5.86. The summed E-state index contributed by atoms with van der Waals surface area (Å²) in [6.07, 6.45) is 1.82. The van der Waals surface area contributed by atoms with E-state index in [0.717, 1.165) is 16.5 Å². The molecule has 1 heterocycles. The second-order valence-corrected chi connectivity index (χ2v) is 5.82. The van der Waals surface area contributed by atoms with E-state index in [4.69, 9.17) is 10.8 Å². The van der Waals surface area contributed by atoms with Crippen molar-refractivity contribution in [1.82, 2.24) is 4.98 Å². The van der Waals surface area contributed by atoms with Crippen LogP contribution in [0.1, 0.15) is 24.8 Å². The number of ketones is 1. The zero-order valence-electron chi connectivity index (χ0n) is 13.1. The fourth-order valence-electron chi connectivity index (χ4n) is 2.63. The number of carbonyl (C=O) groups is 3. The third-order valence-electron chi connectivity index (χ3n) is 4.02. The topological polar surface area (TPSA) is 133 Å². The van der Waals surface area contributed by atoms with Gasteiger partial charge < -0.3 is 20.9 Å². The van der Waals surface area contributed by atoms with Crippen molar-refractivity contribution < 1.29 is 24.6 Å². The first kappa shape index (κ1) is 17.7. The molecule has 2 atom stereocenters. The maximum atomic E-state index is 12.0. The van der Waals surface area contributed by atoms with Gasteiger partial charge in [-0.05, 0) is 24.5 Å². The van der Waals surface area contributed by atoms with Gasteiger partial charge in [-0.3, -0.25) is 14.4 Å². The number of carboxylic acid groups (broad SMARTS) is 2. The second-order valence-electron chi connectivity index (χ2n) is 5.82. The first-order chi connectivity index (χ1) is 11.4. The van der Waals surface area contributed by atoms with E-state index in [1.165, 1.54) is 0 Å². The standard InChI is InChI=1S/C17H20N2O5/c18-14(17(23)24)6-5-12(20)8-10(16(21)22)7-11-9-19-15-4-2-1-3-13(11)15/h1-4,9-10,14,19H,5-8,18H2,(H,21,22)(H,23,24)/t10-,14+/m1/s1. The van der Waals surface area contributed by atoms with Crippen LogP contribution in [-0.4, -0.2) is 39.0 Å². The number of para-hydroxylation sites is 1. The van der Waals surface area contributed by atoms with Crippen LogP contribution in [0.15, 0.2) is 30.5 Å². The number of Topliss-reactive ketones (excluding diaryl/α,β-unsaturated/α-hetero) is 1. The summed E-state index contributed by atoms with van der Waals surface area (Å²) in [7, 11) is 0. The third-order valence-corrected chi connectivity index (χ3v) is 4.02. The summed E-state index contributed by atoms with van der Waals surface area (Å²) in [5.41, 5.74) is 7.11. The van der Waals surface area contributed by atoms with Gasteiger partial charge in [0.1, 0.15) is 11.8 Å². The molecule has 0 radical (unpaired) electrons. The van der Waals surface area contributed by atoms with Crippen LogP contribution in [0.5, 0.6) is 0 Å². The Bertz CT molecular complexity index is 752. The number of aromatic amines is 1. The molecule has 1 aromatic heterocycles. The molecule has 0 aliphatic heterocycles. The fraction of sp³-hybridized carbons (Fsp3) is 0.353. The third kappa shape index (κ3) is 4.42. The summed E-state index contributed by atoms with van der Waals surface area (Å²) in [4.78, 5) is 37.1. The van der Waals surface area contributed by atoms with Crippen LogP contribution in [0, 0.1) is 5.92 Å². The van der Waals surface area contributed by atoms with Crippen molar-refractivity contribution in [3.63, 3.8) is 0 Å². The smallest absolute Gasteiger partial charge is 0.320 e. The summed E-state index contributed by atoms with van der Waals surface area (Å²) < 4.78 is 0. The molecular weight excluding hydrogens is 312 g/mol. The molecule has 24 heavy (non-hydrogen) atoms. The first-order valence-corrected chi connectivity index (χ1v) is 7.66. The second kappa shape index (κ2) is 7.74. The number of carboxylic acids is 2. The van der Waals surface area contributed by atoms with E-state index in [9.17, 15) is 19.5 Å². The number of nitrogens with one attached hydrogen (secondary N) is 1. The van der Waals surface area contributed by atoms with Crippen LogP contribution in [0.2, 0.25) is 0 Å². The number of hydrogen-bond donors (Lipinski definition) is 4. The Labute approximate surface area is 138 Å². The normalized spacial score (nSPS) is 13.5. The molecule has 0 unspecified atom stereocenters. The zero-order valence-corrected chi connectivity index (χ0v) is 13.1. The Morgan fingerprint density at radius 3 is 2.50 bits per heavy atom. The Balaban J connectivity index is 2.01. The number of hydrogen-bond acceptors (Lipinski definition) is 4. The van der Waals surface area contributed by atoms with Crippen molar-refractivity contribution in [3.05, 3.63) is 36.0 Å². The van der Waals surface area contributed by atoms with Gasteiger partial charge in [0, 0.05) is 29.9 Å². The number of carbonyl (C=O) groups excluding carboxylic acids is 1. The molecule has 1 aromatic carbocycles. The van der Waals surface area contributed by atoms with E-state index < -0.39 is 23.9 Å². The SMILES string of the molecule is N[C@@H](CCC(=O)C[C@@H](Cc1c[nH]c2ccccc12)C(=O)O)C(=O)O. The molecule has 2 rings (SSSR count). The minimum absolute atomic E-state index is 0.00753. The molecule has 0 aliphatic rings. The van der Waals surface area contributed by atoms with Crippen LogP contribution >= 0.6 is 0 Å². The fourth-order valence-corrected chi connectivity index (χ4v) is 2.63. The summed E-state index contributed by atoms with van der Waals surface area (Å²) in [5.74, 6) is -3.36. The Morgan fingerprint density at radius 1 is 1.12 bits per heavy atom. The van der Waals surface area contributed by atoms with Crippen molar-refractivity contribution in [2.24, 2.45) is 11.7 Å². The monoisotopic (exact) mass is 332 g/mol. The molecule has 0 bridgehead atoms.